The maximum atomic E-state index is 12.2. The van der Waals surface area contributed by atoms with Gasteiger partial charge in [0.05, 0.1) is 5.92 Å². The Labute approximate surface area is 120 Å². The molecule has 0 heterocycles. The summed E-state index contributed by atoms with van der Waals surface area (Å²) < 4.78 is 5.04. The summed E-state index contributed by atoms with van der Waals surface area (Å²) in [7, 11) is 1.69. The maximum Gasteiger partial charge on any atom is 0.311 e. The topological polar surface area (TPSA) is 46.6 Å². The Morgan fingerprint density at radius 1 is 1.35 bits per heavy atom. The maximum absolute atomic E-state index is 12.2. The van der Waals surface area contributed by atoms with Crippen LogP contribution in [0.3, 0.4) is 0 Å². The molecule has 1 rings (SSSR count). The van der Waals surface area contributed by atoms with Crippen molar-refractivity contribution in [3.8, 4) is 0 Å². The van der Waals surface area contributed by atoms with E-state index in [0.717, 1.165) is 0 Å². The number of carbonyl (C=O) groups excluding carboxylic acids is 2. The SMILES string of the molecule is C=CCOC(=O)C(CC)CN(C)C(=O)c1ccccc1. The summed E-state index contributed by atoms with van der Waals surface area (Å²) in [5, 5.41) is 0. The van der Waals surface area contributed by atoms with Gasteiger partial charge in [0.15, 0.2) is 0 Å². The van der Waals surface area contributed by atoms with Crippen LogP contribution in [0.4, 0.5) is 0 Å². The summed E-state index contributed by atoms with van der Waals surface area (Å²) in [5.41, 5.74) is 0.615. The second kappa shape index (κ2) is 8.15. The summed E-state index contributed by atoms with van der Waals surface area (Å²) in [6.45, 7) is 5.96. The third-order valence-electron chi connectivity index (χ3n) is 3.03. The molecule has 0 aliphatic heterocycles. The van der Waals surface area contributed by atoms with Gasteiger partial charge in [0.25, 0.3) is 5.91 Å². The van der Waals surface area contributed by atoms with Crippen molar-refractivity contribution in [2.24, 2.45) is 5.92 Å². The smallest absolute Gasteiger partial charge is 0.311 e. The molecule has 1 aromatic carbocycles. The van der Waals surface area contributed by atoms with Gasteiger partial charge in [-0.2, -0.15) is 0 Å². The average Bonchev–Trinajstić information content (AvgIpc) is 2.50. The quantitative estimate of drug-likeness (QED) is 0.567. The molecule has 0 aromatic heterocycles. The summed E-state index contributed by atoms with van der Waals surface area (Å²) in [6.07, 6.45) is 2.16. The first-order chi connectivity index (χ1) is 9.60. The van der Waals surface area contributed by atoms with Gasteiger partial charge >= 0.3 is 5.97 Å². The van der Waals surface area contributed by atoms with E-state index in [1.807, 2.05) is 25.1 Å². The molecule has 1 unspecified atom stereocenters. The number of esters is 1. The third-order valence-corrected chi connectivity index (χ3v) is 3.03. The molecular weight excluding hydrogens is 254 g/mol. The molecule has 0 bridgehead atoms. The second-order valence-corrected chi connectivity index (χ2v) is 4.58. The van der Waals surface area contributed by atoms with Gasteiger partial charge in [-0.15, -0.1) is 0 Å². The van der Waals surface area contributed by atoms with Crippen LogP contribution in [-0.2, 0) is 9.53 Å². The van der Waals surface area contributed by atoms with Gasteiger partial charge in [0.1, 0.15) is 6.61 Å². The minimum absolute atomic E-state index is 0.0967. The molecule has 0 N–H and O–H groups in total. The number of amides is 1. The van der Waals surface area contributed by atoms with E-state index in [1.54, 1.807) is 24.1 Å². The highest BCUT2D eigenvalue weighted by molar-refractivity contribution is 5.94. The number of ether oxygens (including phenoxy) is 1. The van der Waals surface area contributed by atoms with Crippen LogP contribution in [0.25, 0.3) is 0 Å². The predicted molar refractivity (Wildman–Crippen MR) is 78.3 cm³/mol. The Kier molecular flexibility index (Phi) is 6.50. The van der Waals surface area contributed by atoms with Crippen LogP contribution in [-0.4, -0.2) is 37.0 Å². The van der Waals surface area contributed by atoms with Gasteiger partial charge in [0, 0.05) is 19.2 Å². The molecular formula is C16H21NO3. The molecule has 0 spiro atoms. The van der Waals surface area contributed by atoms with Gasteiger partial charge in [0.2, 0.25) is 0 Å². The first-order valence-electron chi connectivity index (χ1n) is 6.68. The van der Waals surface area contributed by atoms with Crippen LogP contribution < -0.4 is 0 Å². The Morgan fingerprint density at radius 3 is 2.55 bits per heavy atom. The molecule has 0 fully saturated rings. The lowest BCUT2D eigenvalue weighted by atomic mass is 10.1. The molecule has 4 nitrogen and oxygen atoms in total. The number of benzene rings is 1. The van der Waals surface area contributed by atoms with E-state index in [4.69, 9.17) is 4.74 Å². The molecule has 1 amide bonds. The summed E-state index contributed by atoms with van der Waals surface area (Å²) in [4.78, 5) is 25.6. The Balaban J connectivity index is 2.63. The molecule has 0 saturated carbocycles. The lowest BCUT2D eigenvalue weighted by molar-refractivity contribution is -0.147. The molecule has 0 aliphatic rings. The highest BCUT2D eigenvalue weighted by Crippen LogP contribution is 2.10. The summed E-state index contributed by atoms with van der Waals surface area (Å²) >= 11 is 0. The fraction of sp³-hybridized carbons (Fsp3) is 0.375. The second-order valence-electron chi connectivity index (χ2n) is 4.58. The zero-order valence-corrected chi connectivity index (χ0v) is 12.0. The number of carbonyl (C=O) groups is 2. The highest BCUT2D eigenvalue weighted by atomic mass is 16.5. The van der Waals surface area contributed by atoms with E-state index in [-0.39, 0.29) is 24.4 Å². The van der Waals surface area contributed by atoms with Crippen molar-refractivity contribution < 1.29 is 14.3 Å². The van der Waals surface area contributed by atoms with Crippen LogP contribution in [0.1, 0.15) is 23.7 Å². The van der Waals surface area contributed by atoms with Crippen LogP contribution in [0, 0.1) is 5.92 Å². The van der Waals surface area contributed by atoms with E-state index in [0.29, 0.717) is 18.5 Å². The van der Waals surface area contributed by atoms with Gasteiger partial charge in [-0.3, -0.25) is 9.59 Å². The highest BCUT2D eigenvalue weighted by Gasteiger charge is 2.22. The van der Waals surface area contributed by atoms with E-state index in [9.17, 15) is 9.59 Å². The number of hydrogen-bond acceptors (Lipinski definition) is 3. The minimum atomic E-state index is -0.312. The van der Waals surface area contributed by atoms with E-state index in [1.165, 1.54) is 6.08 Å². The standard InChI is InChI=1S/C16H21NO3/c1-4-11-20-16(19)13(5-2)12-17(3)15(18)14-9-7-6-8-10-14/h4,6-10,13H,1,5,11-12H2,2-3H3. The first-order valence-corrected chi connectivity index (χ1v) is 6.68. The zero-order valence-electron chi connectivity index (χ0n) is 12.0. The first kappa shape index (κ1) is 16.0. The Bertz CT molecular complexity index is 456. The largest absolute Gasteiger partial charge is 0.461 e. The van der Waals surface area contributed by atoms with Crippen molar-refractivity contribution in [2.45, 2.75) is 13.3 Å². The normalized spacial score (nSPS) is 11.5. The van der Waals surface area contributed by atoms with E-state index < -0.39 is 0 Å². The van der Waals surface area contributed by atoms with E-state index >= 15 is 0 Å². The molecule has 108 valence electrons. The number of rotatable bonds is 7. The molecule has 0 aliphatic carbocycles. The molecule has 1 aromatic rings. The lowest BCUT2D eigenvalue weighted by Gasteiger charge is -2.22. The Morgan fingerprint density at radius 2 is 2.00 bits per heavy atom. The van der Waals surface area contributed by atoms with Crippen LogP contribution in [0.15, 0.2) is 43.0 Å². The molecule has 1 atom stereocenters. The average molecular weight is 275 g/mol. The number of nitrogens with zero attached hydrogens (tertiary/aromatic N) is 1. The van der Waals surface area contributed by atoms with Crippen molar-refractivity contribution in [3.05, 3.63) is 48.6 Å². The predicted octanol–water partition coefficient (Wildman–Crippen LogP) is 2.51. The van der Waals surface area contributed by atoms with Crippen molar-refractivity contribution in [3.63, 3.8) is 0 Å². The zero-order chi connectivity index (χ0) is 15.0. The Hall–Kier alpha value is -2.10. The van der Waals surface area contributed by atoms with Gasteiger partial charge in [-0.05, 0) is 18.6 Å². The van der Waals surface area contributed by atoms with Gasteiger partial charge in [-0.25, -0.2) is 0 Å². The summed E-state index contributed by atoms with van der Waals surface area (Å²) in [6, 6.07) is 9.01. The van der Waals surface area contributed by atoms with E-state index in [2.05, 4.69) is 6.58 Å². The van der Waals surface area contributed by atoms with Crippen LogP contribution >= 0.6 is 0 Å². The fourth-order valence-electron chi connectivity index (χ4n) is 1.84. The van der Waals surface area contributed by atoms with Crippen molar-refractivity contribution in [2.75, 3.05) is 20.2 Å². The number of hydrogen-bond donors (Lipinski definition) is 0. The van der Waals surface area contributed by atoms with Gasteiger partial charge in [-0.1, -0.05) is 37.8 Å². The van der Waals surface area contributed by atoms with Crippen molar-refractivity contribution in [1.29, 1.82) is 0 Å². The third kappa shape index (κ3) is 4.53. The fourth-order valence-corrected chi connectivity index (χ4v) is 1.84. The van der Waals surface area contributed by atoms with Gasteiger partial charge < -0.3 is 9.64 Å². The molecule has 4 heteroatoms. The van der Waals surface area contributed by atoms with Crippen molar-refractivity contribution >= 4 is 11.9 Å². The molecule has 0 saturated heterocycles. The monoisotopic (exact) mass is 275 g/mol. The lowest BCUT2D eigenvalue weighted by Crippen LogP contribution is -2.35. The van der Waals surface area contributed by atoms with Crippen LogP contribution in [0.5, 0.6) is 0 Å². The molecule has 0 radical (unpaired) electrons. The minimum Gasteiger partial charge on any atom is -0.461 e. The molecule has 20 heavy (non-hydrogen) atoms. The van der Waals surface area contributed by atoms with Crippen molar-refractivity contribution in [1.82, 2.24) is 4.90 Å². The summed E-state index contributed by atoms with van der Waals surface area (Å²) in [5.74, 6) is -0.701. The van der Waals surface area contributed by atoms with Crippen LogP contribution in [0.2, 0.25) is 0 Å².